The number of likely N-dealkylation sites (tertiary alicyclic amines) is 1. The fourth-order valence-corrected chi connectivity index (χ4v) is 5.03. The molecule has 2 aliphatic rings. The van der Waals surface area contributed by atoms with Crippen molar-refractivity contribution in [3.8, 4) is 17.0 Å². The van der Waals surface area contributed by atoms with Gasteiger partial charge in [0.25, 0.3) is 0 Å². The fraction of sp³-hybridized carbons (Fsp3) is 0.476. The van der Waals surface area contributed by atoms with E-state index in [0.29, 0.717) is 19.5 Å². The molecule has 1 aromatic carbocycles. The molecule has 0 radical (unpaired) electrons. The van der Waals surface area contributed by atoms with Crippen molar-refractivity contribution in [2.75, 3.05) is 26.7 Å². The van der Waals surface area contributed by atoms with Crippen LogP contribution in [0.2, 0.25) is 0 Å². The lowest BCUT2D eigenvalue weighted by Gasteiger charge is -2.35. The quantitative estimate of drug-likeness (QED) is 0.858. The average Bonchev–Trinajstić information content (AvgIpc) is 3.23. The number of hydrogen-bond donors (Lipinski definition) is 1. The largest absolute Gasteiger partial charge is 0.496 e. The molecule has 1 N–H and O–H groups in total. The van der Waals surface area contributed by atoms with E-state index in [1.807, 2.05) is 29.2 Å². The summed E-state index contributed by atoms with van der Waals surface area (Å²) >= 11 is 1.65. The monoisotopic (exact) mass is 399 g/mol. The maximum atomic E-state index is 12.9. The number of methoxy groups -OCH3 is 1. The van der Waals surface area contributed by atoms with Crippen molar-refractivity contribution in [2.24, 2.45) is 5.92 Å². The Kier molecular flexibility index (Phi) is 5.62. The van der Waals surface area contributed by atoms with E-state index >= 15 is 0 Å². The number of rotatable bonds is 4. The zero-order chi connectivity index (χ0) is 19.5. The molecule has 2 atom stereocenters. The van der Waals surface area contributed by atoms with Gasteiger partial charge in [0.15, 0.2) is 0 Å². The van der Waals surface area contributed by atoms with E-state index in [9.17, 15) is 9.59 Å². The molecule has 2 amide bonds. The third-order valence-electron chi connectivity index (χ3n) is 5.58. The van der Waals surface area contributed by atoms with E-state index in [4.69, 9.17) is 9.72 Å². The number of benzene rings is 1. The summed E-state index contributed by atoms with van der Waals surface area (Å²) in [7, 11) is 1.67. The highest BCUT2D eigenvalue weighted by molar-refractivity contribution is 7.10. The Balaban J connectivity index is 1.47. The molecular weight excluding hydrogens is 374 g/mol. The first kappa shape index (κ1) is 18.9. The topological polar surface area (TPSA) is 71.5 Å². The van der Waals surface area contributed by atoms with Gasteiger partial charge in [-0.25, -0.2) is 4.98 Å². The van der Waals surface area contributed by atoms with Crippen LogP contribution >= 0.6 is 11.3 Å². The summed E-state index contributed by atoms with van der Waals surface area (Å²) in [6.07, 6.45) is 3.06. The summed E-state index contributed by atoms with van der Waals surface area (Å²) < 4.78 is 5.46. The standard InChI is InChI=1S/C21H25N3O3S/c1-27-18-7-3-2-6-16(18)17-13-28-20(23-17)15-5-4-10-24(12-15)21(26)14-8-9-22-19(25)11-14/h2-3,6-7,13-15H,4-5,8-12H2,1H3,(H,22,25). The molecular formula is C21H25N3O3S. The van der Waals surface area contributed by atoms with Gasteiger partial charge in [-0.3, -0.25) is 9.59 Å². The predicted molar refractivity (Wildman–Crippen MR) is 108 cm³/mol. The molecule has 28 heavy (non-hydrogen) atoms. The van der Waals surface area contributed by atoms with Gasteiger partial charge >= 0.3 is 0 Å². The minimum absolute atomic E-state index is 0.0143. The number of carbonyl (C=O) groups excluding carboxylic acids is 2. The number of aromatic nitrogens is 1. The summed E-state index contributed by atoms with van der Waals surface area (Å²) in [6, 6.07) is 7.89. The zero-order valence-corrected chi connectivity index (χ0v) is 16.8. The van der Waals surface area contributed by atoms with Crippen LogP contribution in [-0.2, 0) is 9.59 Å². The second-order valence-corrected chi connectivity index (χ2v) is 8.32. The van der Waals surface area contributed by atoms with Gasteiger partial charge in [0.2, 0.25) is 11.8 Å². The van der Waals surface area contributed by atoms with Crippen molar-refractivity contribution in [3.05, 3.63) is 34.7 Å². The van der Waals surface area contributed by atoms with E-state index < -0.39 is 0 Å². The second-order valence-electron chi connectivity index (χ2n) is 7.43. The van der Waals surface area contributed by atoms with Gasteiger partial charge in [-0.05, 0) is 31.4 Å². The summed E-state index contributed by atoms with van der Waals surface area (Å²) in [5.74, 6) is 1.01. The number of thiazole rings is 1. The molecule has 0 bridgehead atoms. The number of carbonyl (C=O) groups is 2. The van der Waals surface area contributed by atoms with Crippen LogP contribution in [0.15, 0.2) is 29.6 Å². The lowest BCUT2D eigenvalue weighted by atomic mass is 9.93. The highest BCUT2D eigenvalue weighted by Gasteiger charge is 2.33. The van der Waals surface area contributed by atoms with Crippen LogP contribution in [-0.4, -0.2) is 48.4 Å². The van der Waals surface area contributed by atoms with Crippen molar-refractivity contribution < 1.29 is 14.3 Å². The van der Waals surface area contributed by atoms with Gasteiger partial charge in [0, 0.05) is 48.8 Å². The van der Waals surface area contributed by atoms with Gasteiger partial charge < -0.3 is 15.0 Å². The molecule has 7 heteroatoms. The van der Waals surface area contributed by atoms with Crippen molar-refractivity contribution >= 4 is 23.2 Å². The molecule has 0 spiro atoms. The maximum Gasteiger partial charge on any atom is 0.226 e. The van der Waals surface area contributed by atoms with Gasteiger partial charge in [0.1, 0.15) is 5.75 Å². The Labute approximate surface area is 168 Å². The van der Waals surface area contributed by atoms with Gasteiger partial charge in [-0.1, -0.05) is 12.1 Å². The third-order valence-corrected chi connectivity index (χ3v) is 6.59. The van der Waals surface area contributed by atoms with Gasteiger partial charge in [0.05, 0.1) is 17.8 Å². The van der Waals surface area contributed by atoms with E-state index in [1.165, 1.54) is 0 Å². The summed E-state index contributed by atoms with van der Waals surface area (Å²) in [5, 5.41) is 5.94. The lowest BCUT2D eigenvalue weighted by molar-refractivity contribution is -0.141. The van der Waals surface area contributed by atoms with Gasteiger partial charge in [-0.2, -0.15) is 0 Å². The first-order valence-corrected chi connectivity index (χ1v) is 10.7. The van der Waals surface area contributed by atoms with Crippen LogP contribution in [0.3, 0.4) is 0 Å². The average molecular weight is 400 g/mol. The van der Waals surface area contributed by atoms with E-state index in [1.54, 1.807) is 18.4 Å². The molecule has 2 fully saturated rings. The van der Waals surface area contributed by atoms with Crippen LogP contribution < -0.4 is 10.1 Å². The Morgan fingerprint density at radius 3 is 3.00 bits per heavy atom. The summed E-state index contributed by atoms with van der Waals surface area (Å²) in [6.45, 7) is 2.06. The SMILES string of the molecule is COc1ccccc1-c1csc(C2CCCN(C(=O)C3CCNC(=O)C3)C2)n1. The summed E-state index contributed by atoms with van der Waals surface area (Å²) in [4.78, 5) is 31.3. The number of nitrogens with one attached hydrogen (secondary N) is 1. The molecule has 4 rings (SSSR count). The lowest BCUT2D eigenvalue weighted by Crippen LogP contribution is -2.46. The predicted octanol–water partition coefficient (Wildman–Crippen LogP) is 3.05. The minimum atomic E-state index is -0.173. The minimum Gasteiger partial charge on any atom is -0.496 e. The molecule has 0 aliphatic carbocycles. The molecule has 2 saturated heterocycles. The zero-order valence-electron chi connectivity index (χ0n) is 16.0. The smallest absolute Gasteiger partial charge is 0.226 e. The summed E-state index contributed by atoms with van der Waals surface area (Å²) in [5.41, 5.74) is 1.91. The van der Waals surface area contributed by atoms with Crippen LogP contribution in [0.4, 0.5) is 0 Å². The van der Waals surface area contributed by atoms with Crippen molar-refractivity contribution in [3.63, 3.8) is 0 Å². The first-order valence-electron chi connectivity index (χ1n) is 9.80. The number of piperidine rings is 2. The first-order chi connectivity index (χ1) is 13.7. The van der Waals surface area contributed by atoms with Gasteiger partial charge in [-0.15, -0.1) is 11.3 Å². The molecule has 148 valence electrons. The Hall–Kier alpha value is -2.41. The molecule has 1 aromatic heterocycles. The highest BCUT2D eigenvalue weighted by atomic mass is 32.1. The van der Waals surface area contributed by atoms with Crippen molar-refractivity contribution in [1.29, 1.82) is 0 Å². The van der Waals surface area contributed by atoms with Crippen molar-refractivity contribution in [1.82, 2.24) is 15.2 Å². The Morgan fingerprint density at radius 1 is 1.32 bits per heavy atom. The molecule has 0 saturated carbocycles. The van der Waals surface area contributed by atoms with E-state index in [0.717, 1.165) is 47.8 Å². The Morgan fingerprint density at radius 2 is 2.18 bits per heavy atom. The number of nitrogens with zero attached hydrogens (tertiary/aromatic N) is 2. The van der Waals surface area contributed by atoms with Crippen LogP contribution in [0.1, 0.15) is 36.6 Å². The number of para-hydroxylation sites is 1. The Bertz CT molecular complexity index is 866. The normalized spacial score (nSPS) is 22.6. The number of hydrogen-bond acceptors (Lipinski definition) is 5. The molecule has 2 aliphatic heterocycles. The molecule has 2 unspecified atom stereocenters. The number of ether oxygens (including phenoxy) is 1. The second kappa shape index (κ2) is 8.31. The van der Waals surface area contributed by atoms with E-state index in [-0.39, 0.29) is 23.7 Å². The van der Waals surface area contributed by atoms with Crippen molar-refractivity contribution in [2.45, 2.75) is 31.6 Å². The molecule has 3 heterocycles. The molecule has 2 aromatic rings. The van der Waals surface area contributed by atoms with Crippen LogP contribution in [0.25, 0.3) is 11.3 Å². The fourth-order valence-electron chi connectivity index (χ4n) is 4.09. The van der Waals surface area contributed by atoms with Crippen LogP contribution in [0.5, 0.6) is 5.75 Å². The third kappa shape index (κ3) is 3.90. The highest BCUT2D eigenvalue weighted by Crippen LogP contribution is 2.35. The van der Waals surface area contributed by atoms with E-state index in [2.05, 4.69) is 10.7 Å². The van der Waals surface area contributed by atoms with Crippen LogP contribution in [0, 0.1) is 5.92 Å². The number of amides is 2. The molecule has 6 nitrogen and oxygen atoms in total. The maximum absolute atomic E-state index is 12.9.